The molecule has 0 saturated heterocycles. The Morgan fingerprint density at radius 1 is 1.08 bits per heavy atom. The van der Waals surface area contributed by atoms with Gasteiger partial charge in [0.2, 0.25) is 0 Å². The molecule has 0 aliphatic carbocycles. The first-order valence-electron chi connectivity index (χ1n) is 8.23. The molecule has 0 fully saturated rings. The Morgan fingerprint density at radius 2 is 1.81 bits per heavy atom. The van der Waals surface area contributed by atoms with Crippen LogP contribution in [0.2, 0.25) is 0 Å². The predicted octanol–water partition coefficient (Wildman–Crippen LogP) is 4.29. The number of carbonyl (C=O) groups excluding carboxylic acids is 1. The number of ether oxygens (including phenoxy) is 1. The second kappa shape index (κ2) is 8.32. The van der Waals surface area contributed by atoms with Crippen molar-refractivity contribution in [3.05, 3.63) is 88.1 Å². The first kappa shape index (κ1) is 17.7. The lowest BCUT2D eigenvalue weighted by Gasteiger charge is -2.21. The van der Waals surface area contributed by atoms with Crippen LogP contribution in [0, 0.1) is 11.3 Å². The van der Waals surface area contributed by atoms with Gasteiger partial charge in [0, 0.05) is 4.88 Å². The molecule has 130 valence electrons. The number of hydrogen-bond donors (Lipinski definition) is 1. The van der Waals surface area contributed by atoms with Crippen LogP contribution in [0.1, 0.15) is 29.0 Å². The second-order valence-electron chi connectivity index (χ2n) is 5.76. The summed E-state index contributed by atoms with van der Waals surface area (Å²) in [6, 6.07) is 22.4. The molecule has 5 heteroatoms. The monoisotopic (exact) mass is 362 g/mol. The fourth-order valence-electron chi connectivity index (χ4n) is 2.55. The highest BCUT2D eigenvalue weighted by atomic mass is 32.1. The van der Waals surface area contributed by atoms with E-state index in [1.54, 1.807) is 42.5 Å². The van der Waals surface area contributed by atoms with Gasteiger partial charge in [-0.05, 0) is 48.2 Å². The van der Waals surface area contributed by atoms with Gasteiger partial charge in [-0.1, -0.05) is 36.4 Å². The maximum Gasteiger partial charge on any atom is 0.261 e. The Bertz CT molecular complexity index is 884. The molecule has 2 atom stereocenters. The van der Waals surface area contributed by atoms with Gasteiger partial charge in [-0.3, -0.25) is 4.79 Å². The third-order valence-electron chi connectivity index (χ3n) is 3.91. The molecule has 3 rings (SSSR count). The minimum atomic E-state index is -0.658. The molecule has 2 aromatic carbocycles. The van der Waals surface area contributed by atoms with Crippen LogP contribution < -0.4 is 10.1 Å². The van der Waals surface area contributed by atoms with Crippen molar-refractivity contribution in [1.29, 1.82) is 5.26 Å². The maximum absolute atomic E-state index is 12.7. The van der Waals surface area contributed by atoms with Crippen LogP contribution in [0.25, 0.3) is 0 Å². The molecule has 26 heavy (non-hydrogen) atoms. The molecule has 0 saturated carbocycles. The summed E-state index contributed by atoms with van der Waals surface area (Å²) in [5, 5.41) is 13.9. The van der Waals surface area contributed by atoms with Gasteiger partial charge in [-0.15, -0.1) is 11.3 Å². The van der Waals surface area contributed by atoms with E-state index in [9.17, 15) is 4.79 Å². The van der Waals surface area contributed by atoms with Gasteiger partial charge in [-0.2, -0.15) is 5.26 Å². The maximum atomic E-state index is 12.7. The van der Waals surface area contributed by atoms with E-state index in [0.29, 0.717) is 11.3 Å². The third kappa shape index (κ3) is 4.29. The van der Waals surface area contributed by atoms with Gasteiger partial charge in [0.1, 0.15) is 5.75 Å². The summed E-state index contributed by atoms with van der Waals surface area (Å²) in [5.74, 6) is 0.357. The Kier molecular flexibility index (Phi) is 5.67. The van der Waals surface area contributed by atoms with Crippen molar-refractivity contribution >= 4 is 17.2 Å². The quantitative estimate of drug-likeness (QED) is 0.711. The summed E-state index contributed by atoms with van der Waals surface area (Å²) in [5.41, 5.74) is 1.57. The average Bonchev–Trinajstić information content (AvgIpc) is 3.21. The molecule has 1 aromatic heterocycles. The number of amides is 1. The first-order valence-corrected chi connectivity index (χ1v) is 9.11. The van der Waals surface area contributed by atoms with E-state index in [0.717, 1.165) is 10.4 Å². The van der Waals surface area contributed by atoms with E-state index >= 15 is 0 Å². The number of carbonyl (C=O) groups is 1. The smallest absolute Gasteiger partial charge is 0.261 e. The molecular formula is C21H18N2O2S. The largest absolute Gasteiger partial charge is 0.481 e. The topological polar surface area (TPSA) is 62.1 Å². The van der Waals surface area contributed by atoms with Crippen molar-refractivity contribution in [2.45, 2.75) is 19.1 Å². The van der Waals surface area contributed by atoms with Crippen molar-refractivity contribution in [2.24, 2.45) is 0 Å². The zero-order valence-corrected chi connectivity index (χ0v) is 15.1. The molecule has 0 radical (unpaired) electrons. The molecule has 1 N–H and O–H groups in total. The highest BCUT2D eigenvalue weighted by molar-refractivity contribution is 7.10. The van der Waals surface area contributed by atoms with E-state index in [1.807, 2.05) is 47.8 Å². The number of nitrogens with zero attached hydrogens (tertiary/aromatic N) is 1. The zero-order valence-electron chi connectivity index (χ0n) is 14.3. The predicted molar refractivity (Wildman–Crippen MR) is 102 cm³/mol. The van der Waals surface area contributed by atoms with Crippen molar-refractivity contribution < 1.29 is 9.53 Å². The fraction of sp³-hybridized carbons (Fsp3) is 0.143. The van der Waals surface area contributed by atoms with Crippen molar-refractivity contribution in [3.8, 4) is 11.8 Å². The number of benzene rings is 2. The van der Waals surface area contributed by atoms with Gasteiger partial charge >= 0.3 is 0 Å². The second-order valence-corrected chi connectivity index (χ2v) is 6.74. The molecule has 1 amide bonds. The Labute approximate surface area is 156 Å². The lowest BCUT2D eigenvalue weighted by molar-refractivity contribution is -0.127. The molecule has 1 heterocycles. The lowest BCUT2D eigenvalue weighted by Crippen LogP contribution is -2.38. The van der Waals surface area contributed by atoms with Crippen LogP contribution >= 0.6 is 11.3 Å². The number of hydrogen-bond acceptors (Lipinski definition) is 4. The van der Waals surface area contributed by atoms with E-state index in [1.165, 1.54) is 0 Å². The summed E-state index contributed by atoms with van der Waals surface area (Å²) in [6.07, 6.45) is -0.658. The summed E-state index contributed by atoms with van der Waals surface area (Å²) in [7, 11) is 0. The van der Waals surface area contributed by atoms with Gasteiger partial charge in [-0.25, -0.2) is 0 Å². The summed E-state index contributed by atoms with van der Waals surface area (Å²) >= 11 is 1.60. The molecule has 3 aromatic rings. The molecule has 0 spiro atoms. The third-order valence-corrected chi connectivity index (χ3v) is 4.85. The zero-order chi connectivity index (χ0) is 18.4. The molecule has 0 aliphatic heterocycles. The highest BCUT2D eigenvalue weighted by Gasteiger charge is 2.22. The lowest BCUT2D eigenvalue weighted by atomic mass is 10.1. The van der Waals surface area contributed by atoms with Crippen LogP contribution in [-0.4, -0.2) is 12.0 Å². The highest BCUT2D eigenvalue weighted by Crippen LogP contribution is 2.26. The fourth-order valence-corrected chi connectivity index (χ4v) is 3.35. The van der Waals surface area contributed by atoms with Crippen LogP contribution in [0.5, 0.6) is 5.75 Å². The van der Waals surface area contributed by atoms with E-state index in [4.69, 9.17) is 10.00 Å². The van der Waals surface area contributed by atoms with E-state index in [-0.39, 0.29) is 11.9 Å². The average molecular weight is 362 g/mol. The van der Waals surface area contributed by atoms with Gasteiger partial charge in [0.25, 0.3) is 5.91 Å². The normalized spacial score (nSPS) is 12.6. The number of nitriles is 1. The van der Waals surface area contributed by atoms with Crippen LogP contribution in [0.3, 0.4) is 0 Å². The number of thiophene rings is 1. The van der Waals surface area contributed by atoms with Crippen LogP contribution in [-0.2, 0) is 4.79 Å². The van der Waals surface area contributed by atoms with Gasteiger partial charge in [0.15, 0.2) is 6.10 Å². The van der Waals surface area contributed by atoms with Gasteiger partial charge in [0.05, 0.1) is 17.7 Å². The van der Waals surface area contributed by atoms with E-state index in [2.05, 4.69) is 11.4 Å². The van der Waals surface area contributed by atoms with E-state index < -0.39 is 6.10 Å². The standard InChI is InChI=1S/C21H18N2O2S/c1-15(25-18-11-9-16(14-22)10-12-18)21(24)23-20(19-8-5-13-26-19)17-6-3-2-4-7-17/h2-13,15,20H,1H3,(H,23,24)/t15-,20+/m1/s1. The molecular weight excluding hydrogens is 344 g/mol. The molecule has 0 unspecified atom stereocenters. The molecule has 0 aliphatic rings. The SMILES string of the molecule is C[C@@H](Oc1ccc(C#N)cc1)C(=O)N[C@@H](c1ccccc1)c1cccs1. The summed E-state index contributed by atoms with van der Waals surface area (Å²) in [4.78, 5) is 13.7. The first-order chi connectivity index (χ1) is 12.7. The minimum absolute atomic E-state index is 0.198. The van der Waals surface area contributed by atoms with Crippen molar-refractivity contribution in [2.75, 3.05) is 0 Å². The van der Waals surface area contributed by atoms with Crippen molar-refractivity contribution in [1.82, 2.24) is 5.32 Å². The summed E-state index contributed by atoms with van der Waals surface area (Å²) < 4.78 is 5.71. The summed E-state index contributed by atoms with van der Waals surface area (Å²) in [6.45, 7) is 1.71. The molecule has 4 nitrogen and oxygen atoms in total. The van der Waals surface area contributed by atoms with Gasteiger partial charge < -0.3 is 10.1 Å². The van der Waals surface area contributed by atoms with Crippen LogP contribution in [0.4, 0.5) is 0 Å². The Balaban J connectivity index is 1.72. The minimum Gasteiger partial charge on any atom is -0.481 e. The van der Waals surface area contributed by atoms with Crippen molar-refractivity contribution in [3.63, 3.8) is 0 Å². The van der Waals surface area contributed by atoms with Crippen LogP contribution in [0.15, 0.2) is 72.1 Å². The number of nitrogens with one attached hydrogen (secondary N) is 1. The Hall–Kier alpha value is -3.10. The Morgan fingerprint density at radius 3 is 2.42 bits per heavy atom. The number of rotatable bonds is 6. The molecule has 0 bridgehead atoms.